The van der Waals surface area contributed by atoms with E-state index < -0.39 is 0 Å². The fourth-order valence-corrected chi connectivity index (χ4v) is 0.202. The van der Waals surface area contributed by atoms with Crippen LogP contribution in [0.2, 0.25) is 0 Å². The van der Waals surface area contributed by atoms with Crippen LogP contribution in [0.15, 0.2) is 0 Å². The van der Waals surface area contributed by atoms with Gasteiger partial charge >= 0.3 is 0 Å². The van der Waals surface area contributed by atoms with Crippen LogP contribution in [0.4, 0.5) is 0 Å². The highest BCUT2D eigenvalue weighted by Gasteiger charge is 1.78. The van der Waals surface area contributed by atoms with Gasteiger partial charge in [0, 0.05) is 7.11 Å². The zero-order valence-electron chi connectivity index (χ0n) is 4.10. The van der Waals surface area contributed by atoms with Crippen molar-refractivity contribution >= 4 is 17.3 Å². The van der Waals surface area contributed by atoms with Gasteiger partial charge in [-0.05, 0) is 12.2 Å². The molecule has 0 aromatic heterocycles. The van der Waals surface area contributed by atoms with Crippen LogP contribution in [0.3, 0.4) is 0 Å². The van der Waals surface area contributed by atoms with E-state index in [9.17, 15) is 0 Å². The Morgan fingerprint density at radius 1 is 2.00 bits per heavy atom. The third-order valence-electron chi connectivity index (χ3n) is 0.391. The SMILES string of the molecule is COCNC(N)=S. The maximum absolute atomic E-state index is 5.02. The predicted molar refractivity (Wildman–Crippen MR) is 31.8 cm³/mol. The van der Waals surface area contributed by atoms with Crippen molar-refractivity contribution in [2.24, 2.45) is 5.73 Å². The number of methoxy groups -OCH3 is 1. The Labute approximate surface area is 47.8 Å². The molecule has 7 heavy (non-hydrogen) atoms. The molecule has 0 radical (unpaired) electrons. The Kier molecular flexibility index (Phi) is 3.64. The number of nitrogens with two attached hydrogens (primary N) is 1. The summed E-state index contributed by atoms with van der Waals surface area (Å²) in [7, 11) is 1.56. The monoisotopic (exact) mass is 120 g/mol. The Morgan fingerprint density at radius 2 is 2.57 bits per heavy atom. The van der Waals surface area contributed by atoms with Gasteiger partial charge in [-0.25, -0.2) is 0 Å². The molecule has 3 nitrogen and oxygen atoms in total. The molecule has 3 N–H and O–H groups in total. The van der Waals surface area contributed by atoms with Crippen LogP contribution in [-0.4, -0.2) is 19.0 Å². The highest BCUT2D eigenvalue weighted by Crippen LogP contribution is 1.57. The lowest BCUT2D eigenvalue weighted by Gasteiger charge is -1.97. The van der Waals surface area contributed by atoms with E-state index in [1.165, 1.54) is 0 Å². The molecule has 0 saturated heterocycles. The summed E-state index contributed by atoms with van der Waals surface area (Å²) in [6, 6.07) is 0. The van der Waals surface area contributed by atoms with Gasteiger partial charge in [0.15, 0.2) is 5.11 Å². The van der Waals surface area contributed by atoms with Crippen molar-refractivity contribution in [3.63, 3.8) is 0 Å². The molecule has 0 spiro atoms. The summed E-state index contributed by atoms with van der Waals surface area (Å²) < 4.78 is 4.57. The van der Waals surface area contributed by atoms with E-state index in [0.717, 1.165) is 0 Å². The number of nitrogens with one attached hydrogen (secondary N) is 1. The lowest BCUT2D eigenvalue weighted by molar-refractivity contribution is 0.192. The third kappa shape index (κ3) is 5.65. The van der Waals surface area contributed by atoms with Gasteiger partial charge in [-0.15, -0.1) is 0 Å². The second kappa shape index (κ2) is 3.83. The van der Waals surface area contributed by atoms with Crippen molar-refractivity contribution in [3.8, 4) is 0 Å². The van der Waals surface area contributed by atoms with Crippen LogP contribution < -0.4 is 11.1 Å². The molecule has 42 valence electrons. The molecule has 0 fully saturated rings. The first-order valence-electron chi connectivity index (χ1n) is 1.79. The normalized spacial score (nSPS) is 8.14. The summed E-state index contributed by atoms with van der Waals surface area (Å²) in [5.41, 5.74) is 5.02. The molecule has 0 aromatic rings. The van der Waals surface area contributed by atoms with Crippen LogP contribution in [-0.2, 0) is 4.74 Å². The minimum Gasteiger partial charge on any atom is -0.376 e. The molecule has 0 atom stereocenters. The van der Waals surface area contributed by atoms with E-state index >= 15 is 0 Å². The van der Waals surface area contributed by atoms with Gasteiger partial charge < -0.3 is 15.8 Å². The van der Waals surface area contributed by atoms with Gasteiger partial charge in [-0.2, -0.15) is 0 Å². The molecule has 0 rings (SSSR count). The van der Waals surface area contributed by atoms with E-state index in [1.807, 2.05) is 0 Å². The standard InChI is InChI=1S/C3H8N2OS/c1-6-2-5-3(4)7/h2H2,1H3,(H3,4,5,7). The fourth-order valence-electron chi connectivity index (χ4n) is 0.143. The number of hydrogen-bond donors (Lipinski definition) is 2. The first-order valence-corrected chi connectivity index (χ1v) is 2.20. The number of hydrogen-bond acceptors (Lipinski definition) is 2. The van der Waals surface area contributed by atoms with Gasteiger partial charge in [-0.3, -0.25) is 0 Å². The zero-order valence-corrected chi connectivity index (χ0v) is 4.92. The average Bonchev–Trinajstić information content (AvgIpc) is 1.61. The predicted octanol–water partition coefficient (Wildman–Crippen LogP) is -0.577. The molecule has 0 amide bonds. The molecule has 0 unspecified atom stereocenters. The first kappa shape index (κ1) is 6.65. The summed E-state index contributed by atoms with van der Waals surface area (Å²) >= 11 is 4.45. The smallest absolute Gasteiger partial charge is 0.165 e. The van der Waals surface area contributed by atoms with Crippen molar-refractivity contribution in [1.82, 2.24) is 5.32 Å². The summed E-state index contributed by atoms with van der Waals surface area (Å²) in [6.45, 7) is 0.384. The average molecular weight is 120 g/mol. The maximum Gasteiger partial charge on any atom is 0.165 e. The Bertz CT molecular complexity index is 66.0. The quantitative estimate of drug-likeness (QED) is 0.378. The summed E-state index contributed by atoms with van der Waals surface area (Å²) in [6.07, 6.45) is 0. The molecule has 0 bridgehead atoms. The Hall–Kier alpha value is -0.350. The highest BCUT2D eigenvalue weighted by atomic mass is 32.1. The largest absolute Gasteiger partial charge is 0.376 e. The first-order chi connectivity index (χ1) is 3.27. The molecule has 0 aliphatic heterocycles. The lowest BCUT2D eigenvalue weighted by atomic mass is 11.0. The lowest BCUT2D eigenvalue weighted by Crippen LogP contribution is -2.30. The molecule has 0 aliphatic carbocycles. The second-order valence-corrected chi connectivity index (χ2v) is 1.41. The Morgan fingerprint density at radius 3 is 2.71 bits per heavy atom. The highest BCUT2D eigenvalue weighted by molar-refractivity contribution is 7.80. The topological polar surface area (TPSA) is 47.3 Å². The van der Waals surface area contributed by atoms with Crippen LogP contribution in [0.25, 0.3) is 0 Å². The van der Waals surface area contributed by atoms with Gasteiger partial charge in [0.2, 0.25) is 0 Å². The van der Waals surface area contributed by atoms with E-state index in [4.69, 9.17) is 5.73 Å². The molecular formula is C3H8N2OS. The second-order valence-electron chi connectivity index (χ2n) is 0.974. The van der Waals surface area contributed by atoms with Crippen LogP contribution in [0, 0.1) is 0 Å². The van der Waals surface area contributed by atoms with Crippen molar-refractivity contribution in [1.29, 1.82) is 0 Å². The minimum atomic E-state index is 0.266. The molecule has 0 aromatic carbocycles. The molecular weight excluding hydrogens is 112 g/mol. The van der Waals surface area contributed by atoms with Crippen molar-refractivity contribution in [3.05, 3.63) is 0 Å². The molecule has 0 saturated carbocycles. The van der Waals surface area contributed by atoms with Gasteiger partial charge in [-0.1, -0.05) is 0 Å². The van der Waals surface area contributed by atoms with E-state index in [1.54, 1.807) is 7.11 Å². The molecule has 4 heteroatoms. The van der Waals surface area contributed by atoms with Gasteiger partial charge in [0.25, 0.3) is 0 Å². The van der Waals surface area contributed by atoms with Gasteiger partial charge in [0.1, 0.15) is 6.73 Å². The Balaban J connectivity index is 2.82. The summed E-state index contributed by atoms with van der Waals surface area (Å²) in [4.78, 5) is 0. The third-order valence-corrected chi connectivity index (χ3v) is 0.535. The zero-order chi connectivity index (χ0) is 5.70. The van der Waals surface area contributed by atoms with Crippen LogP contribution in [0.5, 0.6) is 0 Å². The van der Waals surface area contributed by atoms with E-state index in [0.29, 0.717) is 6.73 Å². The number of ether oxygens (including phenoxy) is 1. The maximum atomic E-state index is 5.02. The number of thiocarbonyl (C=S) groups is 1. The van der Waals surface area contributed by atoms with Crippen molar-refractivity contribution < 1.29 is 4.74 Å². The van der Waals surface area contributed by atoms with Crippen LogP contribution in [0.1, 0.15) is 0 Å². The van der Waals surface area contributed by atoms with Crippen LogP contribution >= 0.6 is 12.2 Å². The molecule has 0 heterocycles. The van der Waals surface area contributed by atoms with E-state index in [-0.39, 0.29) is 5.11 Å². The van der Waals surface area contributed by atoms with E-state index in [2.05, 4.69) is 22.3 Å². The molecule has 0 aliphatic rings. The van der Waals surface area contributed by atoms with Crippen molar-refractivity contribution in [2.75, 3.05) is 13.8 Å². The number of rotatable bonds is 2. The summed E-state index contributed by atoms with van der Waals surface area (Å²) in [5.74, 6) is 0. The fraction of sp³-hybridized carbons (Fsp3) is 0.667. The summed E-state index contributed by atoms with van der Waals surface area (Å²) in [5, 5.41) is 2.85. The van der Waals surface area contributed by atoms with Gasteiger partial charge in [0.05, 0.1) is 0 Å². The van der Waals surface area contributed by atoms with Crippen molar-refractivity contribution in [2.45, 2.75) is 0 Å². The minimum absolute atomic E-state index is 0.266.